The fraction of sp³-hybridized carbons (Fsp3) is 0.240. The van der Waals surface area contributed by atoms with Gasteiger partial charge in [-0.1, -0.05) is 31.2 Å². The van der Waals surface area contributed by atoms with Gasteiger partial charge < -0.3 is 4.90 Å². The van der Waals surface area contributed by atoms with Crippen LogP contribution >= 0.6 is 0 Å². The van der Waals surface area contributed by atoms with Crippen LogP contribution in [0.4, 0.5) is 14.5 Å². The highest BCUT2D eigenvalue weighted by Crippen LogP contribution is 2.29. The predicted octanol–water partition coefficient (Wildman–Crippen LogP) is 5.52. The van der Waals surface area contributed by atoms with Gasteiger partial charge in [-0.05, 0) is 48.7 Å². The lowest BCUT2D eigenvalue weighted by molar-refractivity contribution is -0.118. The molecule has 0 saturated heterocycles. The Balaban J connectivity index is 1.77. The van der Waals surface area contributed by atoms with E-state index < -0.39 is 11.6 Å². The zero-order chi connectivity index (χ0) is 22.5. The number of carbonyl (C=O) groups excluding carboxylic acids is 2. The first-order valence-electron chi connectivity index (χ1n) is 10.1. The average Bonchev–Trinajstić information content (AvgIpc) is 2.77. The summed E-state index contributed by atoms with van der Waals surface area (Å²) in [6.45, 7) is 3.58. The fourth-order valence-electron chi connectivity index (χ4n) is 3.41. The van der Waals surface area contributed by atoms with Crippen LogP contribution in [-0.4, -0.2) is 23.7 Å². The van der Waals surface area contributed by atoms with E-state index in [9.17, 15) is 18.4 Å². The summed E-state index contributed by atoms with van der Waals surface area (Å²) in [4.78, 5) is 29.8. The highest BCUT2D eigenvalue weighted by molar-refractivity contribution is 5.97. The second-order valence-electron chi connectivity index (χ2n) is 7.34. The number of anilines is 1. The zero-order valence-corrected chi connectivity index (χ0v) is 17.8. The zero-order valence-electron chi connectivity index (χ0n) is 17.8. The molecule has 0 aliphatic heterocycles. The van der Waals surface area contributed by atoms with Crippen LogP contribution in [0, 0.1) is 18.6 Å². The van der Waals surface area contributed by atoms with E-state index in [4.69, 9.17) is 0 Å². The summed E-state index contributed by atoms with van der Waals surface area (Å²) in [5, 5.41) is 0. The quantitative estimate of drug-likeness (QED) is 0.471. The maximum atomic E-state index is 14.7. The molecule has 1 heterocycles. The molecule has 0 atom stereocenters. The number of carbonyl (C=O) groups is 2. The molecule has 6 heteroatoms. The highest BCUT2D eigenvalue weighted by Gasteiger charge is 2.16. The van der Waals surface area contributed by atoms with Crippen LogP contribution in [0.5, 0.6) is 0 Å². The van der Waals surface area contributed by atoms with Gasteiger partial charge in [0.15, 0.2) is 5.78 Å². The Morgan fingerprint density at radius 1 is 1.03 bits per heavy atom. The topological polar surface area (TPSA) is 50.3 Å². The van der Waals surface area contributed by atoms with Gasteiger partial charge in [-0.2, -0.15) is 0 Å². The molecule has 0 aliphatic carbocycles. The second-order valence-corrected chi connectivity index (χ2v) is 7.34. The molecule has 1 aromatic heterocycles. The molecule has 0 N–H and O–H groups in total. The summed E-state index contributed by atoms with van der Waals surface area (Å²) < 4.78 is 29.3. The van der Waals surface area contributed by atoms with E-state index in [2.05, 4.69) is 4.98 Å². The van der Waals surface area contributed by atoms with Gasteiger partial charge in [-0.25, -0.2) is 8.78 Å². The Morgan fingerprint density at radius 2 is 1.81 bits per heavy atom. The molecule has 3 aromatic rings. The van der Waals surface area contributed by atoms with Crippen LogP contribution in [0.25, 0.3) is 11.1 Å². The highest BCUT2D eigenvalue weighted by atomic mass is 19.1. The largest absolute Gasteiger partial charge is 0.313 e. The van der Waals surface area contributed by atoms with Crippen molar-refractivity contribution < 1.29 is 18.4 Å². The monoisotopic (exact) mass is 422 g/mol. The molecule has 0 radical (unpaired) electrons. The lowest BCUT2D eigenvalue weighted by Crippen LogP contribution is -2.25. The molecular formula is C25H24F2N2O2. The van der Waals surface area contributed by atoms with E-state index in [-0.39, 0.29) is 41.3 Å². The summed E-state index contributed by atoms with van der Waals surface area (Å²) in [6.07, 6.45) is 2.72. The number of pyridine rings is 1. The Labute approximate surface area is 180 Å². The number of aromatic nitrogens is 1. The Bertz CT molecular complexity index is 1130. The summed E-state index contributed by atoms with van der Waals surface area (Å²) in [5.74, 6) is -1.61. The van der Waals surface area contributed by atoms with E-state index >= 15 is 0 Å². The molecule has 0 spiro atoms. The van der Waals surface area contributed by atoms with E-state index in [0.717, 1.165) is 11.3 Å². The molecule has 0 bridgehead atoms. The molecule has 160 valence electrons. The number of nitrogens with zero attached hydrogens (tertiary/aromatic N) is 2. The van der Waals surface area contributed by atoms with Gasteiger partial charge in [-0.3, -0.25) is 14.6 Å². The molecule has 0 aliphatic rings. The number of amides is 1. The van der Waals surface area contributed by atoms with Crippen molar-refractivity contribution >= 4 is 17.4 Å². The van der Waals surface area contributed by atoms with Gasteiger partial charge in [0, 0.05) is 42.9 Å². The molecule has 1 amide bonds. The second kappa shape index (κ2) is 9.60. The van der Waals surface area contributed by atoms with Crippen LogP contribution < -0.4 is 4.90 Å². The maximum Gasteiger partial charge on any atom is 0.226 e. The normalized spacial score (nSPS) is 10.7. The van der Waals surface area contributed by atoms with Gasteiger partial charge in [-0.15, -0.1) is 0 Å². The van der Waals surface area contributed by atoms with Gasteiger partial charge in [0.1, 0.15) is 11.6 Å². The van der Waals surface area contributed by atoms with Crippen molar-refractivity contribution in [1.82, 2.24) is 4.98 Å². The number of hydrogen-bond acceptors (Lipinski definition) is 3. The summed E-state index contributed by atoms with van der Waals surface area (Å²) in [6, 6.07) is 12.2. The van der Waals surface area contributed by atoms with Crippen molar-refractivity contribution in [2.24, 2.45) is 0 Å². The van der Waals surface area contributed by atoms with Crippen molar-refractivity contribution in [1.29, 1.82) is 0 Å². The third-order valence-corrected chi connectivity index (χ3v) is 5.33. The molecule has 2 aromatic carbocycles. The number of Topliss-reactive ketones (excluding diaryl/α,β-unsaturated/α-hetero) is 1. The first-order valence-corrected chi connectivity index (χ1v) is 10.1. The smallest absolute Gasteiger partial charge is 0.226 e. The van der Waals surface area contributed by atoms with Crippen molar-refractivity contribution in [3.63, 3.8) is 0 Å². The predicted molar refractivity (Wildman–Crippen MR) is 117 cm³/mol. The van der Waals surface area contributed by atoms with Crippen molar-refractivity contribution in [2.75, 3.05) is 11.9 Å². The molecule has 0 fully saturated rings. The first-order chi connectivity index (χ1) is 14.8. The minimum Gasteiger partial charge on any atom is -0.313 e. The van der Waals surface area contributed by atoms with E-state index in [1.54, 1.807) is 25.3 Å². The van der Waals surface area contributed by atoms with Crippen LogP contribution in [0.1, 0.15) is 41.4 Å². The summed E-state index contributed by atoms with van der Waals surface area (Å²) in [5.41, 5.74) is 2.78. The van der Waals surface area contributed by atoms with Gasteiger partial charge in [0.2, 0.25) is 5.91 Å². The number of aryl methyl sites for hydroxylation is 2. The van der Waals surface area contributed by atoms with Gasteiger partial charge in [0.05, 0.1) is 5.69 Å². The third kappa shape index (κ3) is 5.02. The minimum atomic E-state index is -0.617. The minimum absolute atomic E-state index is 0.133. The third-order valence-electron chi connectivity index (χ3n) is 5.33. The lowest BCUT2D eigenvalue weighted by Gasteiger charge is -2.18. The summed E-state index contributed by atoms with van der Waals surface area (Å²) in [7, 11) is 1.50. The number of benzene rings is 2. The fourth-order valence-corrected chi connectivity index (χ4v) is 3.41. The van der Waals surface area contributed by atoms with Crippen LogP contribution in [0.15, 0.2) is 54.7 Å². The Hall–Kier alpha value is -3.41. The number of ketones is 1. The summed E-state index contributed by atoms with van der Waals surface area (Å²) >= 11 is 0. The molecular weight excluding hydrogens is 398 g/mol. The van der Waals surface area contributed by atoms with Gasteiger partial charge in [0.25, 0.3) is 0 Å². The van der Waals surface area contributed by atoms with Crippen molar-refractivity contribution in [3.8, 4) is 11.1 Å². The molecule has 31 heavy (non-hydrogen) atoms. The van der Waals surface area contributed by atoms with E-state index in [1.165, 1.54) is 36.2 Å². The van der Waals surface area contributed by atoms with Crippen molar-refractivity contribution in [3.05, 3.63) is 83.2 Å². The molecule has 0 unspecified atom stereocenters. The Kier molecular flexibility index (Phi) is 6.90. The standard InChI is InChI=1S/C25H24F2N2O2/c1-4-25(31)29(3)23-11-8-18(14-22(23)27)20-10-7-19(15-21(20)26)24(30)12-9-17-6-5-13-28-16(17)2/h5-8,10-11,13-15H,4,9,12H2,1-3H3. The first kappa shape index (κ1) is 22.3. The van der Waals surface area contributed by atoms with Gasteiger partial charge >= 0.3 is 0 Å². The number of rotatable bonds is 7. The maximum absolute atomic E-state index is 14.7. The number of hydrogen-bond donors (Lipinski definition) is 0. The lowest BCUT2D eigenvalue weighted by atomic mass is 9.98. The number of halogens is 2. The van der Waals surface area contributed by atoms with Crippen LogP contribution in [-0.2, 0) is 11.2 Å². The Morgan fingerprint density at radius 3 is 2.45 bits per heavy atom. The van der Waals surface area contributed by atoms with Crippen LogP contribution in [0.2, 0.25) is 0 Å². The molecule has 0 saturated carbocycles. The molecule has 3 rings (SSSR count). The molecule has 4 nitrogen and oxygen atoms in total. The SMILES string of the molecule is CCC(=O)N(C)c1ccc(-c2ccc(C(=O)CCc3cccnc3C)cc2F)cc1F. The van der Waals surface area contributed by atoms with E-state index in [0.29, 0.717) is 12.0 Å². The van der Waals surface area contributed by atoms with Crippen LogP contribution in [0.3, 0.4) is 0 Å². The average molecular weight is 422 g/mol. The van der Waals surface area contributed by atoms with Crippen molar-refractivity contribution in [2.45, 2.75) is 33.1 Å². The van der Waals surface area contributed by atoms with E-state index in [1.807, 2.05) is 19.1 Å².